The number of carbonyl (C=O) groups excluding carboxylic acids is 1. The van der Waals surface area contributed by atoms with Gasteiger partial charge in [0.2, 0.25) is 10.0 Å². The van der Waals surface area contributed by atoms with Crippen molar-refractivity contribution < 1.29 is 17.9 Å². The van der Waals surface area contributed by atoms with Crippen LogP contribution in [0.25, 0.3) is 0 Å². The van der Waals surface area contributed by atoms with Gasteiger partial charge in [0, 0.05) is 24.2 Å². The van der Waals surface area contributed by atoms with Crippen molar-refractivity contribution in [1.82, 2.24) is 9.62 Å². The van der Waals surface area contributed by atoms with E-state index < -0.39 is 10.0 Å². The quantitative estimate of drug-likeness (QED) is 0.866. The largest absolute Gasteiger partial charge is 0.373 e. The number of hydrogen-bond acceptors (Lipinski definition) is 4. The van der Waals surface area contributed by atoms with E-state index in [0.29, 0.717) is 18.7 Å². The fourth-order valence-electron chi connectivity index (χ4n) is 2.74. The molecule has 1 N–H and O–H groups in total. The minimum atomic E-state index is -3.66. The summed E-state index contributed by atoms with van der Waals surface area (Å²) in [7, 11) is -3.66. The van der Waals surface area contributed by atoms with Crippen LogP contribution in [-0.4, -0.2) is 49.5 Å². The van der Waals surface area contributed by atoms with Gasteiger partial charge in [0.15, 0.2) is 0 Å². The van der Waals surface area contributed by atoms with Crippen LogP contribution in [0.15, 0.2) is 29.2 Å². The van der Waals surface area contributed by atoms with Gasteiger partial charge in [0.1, 0.15) is 0 Å². The van der Waals surface area contributed by atoms with Gasteiger partial charge in [-0.3, -0.25) is 4.79 Å². The maximum absolute atomic E-state index is 12.9. The molecule has 0 radical (unpaired) electrons. The zero-order chi connectivity index (χ0) is 18.8. The molecule has 2 atom stereocenters. The number of carbonyl (C=O) groups is 1. The standard InChI is InChI=1S/C18H28N2O4S/c1-6-18(4,5)19-17(21)15-8-7-9-16(10-15)25(22,23)20-11-13(2)24-14(3)12-20/h7-10,13-14H,6,11-12H2,1-5H3,(H,19,21)/t13-,14-/m1/s1. The van der Waals surface area contributed by atoms with Crippen molar-refractivity contribution in [2.45, 2.75) is 63.7 Å². The molecule has 0 unspecified atom stereocenters. The number of amides is 1. The summed E-state index contributed by atoms with van der Waals surface area (Å²) in [4.78, 5) is 12.6. The van der Waals surface area contributed by atoms with Gasteiger partial charge in [-0.25, -0.2) is 8.42 Å². The second-order valence-corrected chi connectivity index (χ2v) is 9.24. The van der Waals surface area contributed by atoms with Crippen LogP contribution >= 0.6 is 0 Å². The highest BCUT2D eigenvalue weighted by Gasteiger charge is 2.32. The number of hydrogen-bond donors (Lipinski definition) is 1. The molecule has 1 aliphatic rings. The molecule has 0 bridgehead atoms. The molecule has 0 aliphatic carbocycles. The summed E-state index contributed by atoms with van der Waals surface area (Å²) in [6.07, 6.45) is 0.464. The van der Waals surface area contributed by atoms with Crippen LogP contribution in [0.3, 0.4) is 0 Å². The zero-order valence-electron chi connectivity index (χ0n) is 15.6. The molecule has 6 nitrogen and oxygen atoms in total. The van der Waals surface area contributed by atoms with Crippen molar-refractivity contribution in [3.8, 4) is 0 Å². The molecule has 1 heterocycles. The molecule has 0 aromatic heterocycles. The molecule has 0 saturated carbocycles. The Labute approximate surface area is 150 Å². The van der Waals surface area contributed by atoms with E-state index in [0.717, 1.165) is 6.42 Å². The van der Waals surface area contributed by atoms with E-state index in [1.807, 2.05) is 34.6 Å². The van der Waals surface area contributed by atoms with Crippen LogP contribution in [-0.2, 0) is 14.8 Å². The summed E-state index contributed by atoms with van der Waals surface area (Å²) in [5.74, 6) is -0.271. The Morgan fingerprint density at radius 1 is 1.28 bits per heavy atom. The van der Waals surface area contributed by atoms with Crippen LogP contribution in [0.2, 0.25) is 0 Å². The molecule has 7 heteroatoms. The Kier molecular flexibility index (Phi) is 5.91. The van der Waals surface area contributed by atoms with E-state index >= 15 is 0 Å². The Morgan fingerprint density at radius 2 is 1.88 bits per heavy atom. The maximum atomic E-state index is 12.9. The molecule has 1 aromatic rings. The molecule has 1 fully saturated rings. The fraction of sp³-hybridized carbons (Fsp3) is 0.611. The minimum absolute atomic E-state index is 0.135. The van der Waals surface area contributed by atoms with E-state index in [1.54, 1.807) is 12.1 Å². The van der Waals surface area contributed by atoms with Crippen molar-refractivity contribution >= 4 is 15.9 Å². The highest BCUT2D eigenvalue weighted by Crippen LogP contribution is 2.22. The highest BCUT2D eigenvalue weighted by molar-refractivity contribution is 7.89. The molecular formula is C18H28N2O4S. The fourth-order valence-corrected chi connectivity index (χ4v) is 4.38. The van der Waals surface area contributed by atoms with Gasteiger partial charge in [0.25, 0.3) is 5.91 Å². The predicted molar refractivity (Wildman–Crippen MR) is 97.0 cm³/mol. The normalized spacial score (nSPS) is 22.6. The minimum Gasteiger partial charge on any atom is -0.373 e. The van der Waals surface area contributed by atoms with Gasteiger partial charge < -0.3 is 10.1 Å². The van der Waals surface area contributed by atoms with Gasteiger partial charge in [-0.15, -0.1) is 0 Å². The summed E-state index contributed by atoms with van der Waals surface area (Å²) in [6.45, 7) is 10.2. The Balaban J connectivity index is 2.27. The number of nitrogens with one attached hydrogen (secondary N) is 1. The molecule has 1 amide bonds. The first-order valence-corrected chi connectivity index (χ1v) is 10.1. The first-order valence-electron chi connectivity index (χ1n) is 8.63. The average molecular weight is 368 g/mol. The third-order valence-corrected chi connectivity index (χ3v) is 6.28. The SMILES string of the molecule is CCC(C)(C)NC(=O)c1cccc(S(=O)(=O)N2C[C@@H](C)O[C@H](C)C2)c1. The zero-order valence-corrected chi connectivity index (χ0v) is 16.4. The van der Waals surface area contributed by atoms with Gasteiger partial charge in [-0.1, -0.05) is 13.0 Å². The lowest BCUT2D eigenvalue weighted by Crippen LogP contribution is -2.48. The van der Waals surface area contributed by atoms with Crippen molar-refractivity contribution in [2.75, 3.05) is 13.1 Å². The number of benzene rings is 1. The molecule has 140 valence electrons. The molecule has 2 rings (SSSR count). The smallest absolute Gasteiger partial charge is 0.251 e. The van der Waals surface area contributed by atoms with Gasteiger partial charge in [0.05, 0.1) is 17.1 Å². The van der Waals surface area contributed by atoms with E-state index in [2.05, 4.69) is 5.32 Å². The summed E-state index contributed by atoms with van der Waals surface area (Å²) in [6, 6.07) is 6.21. The number of rotatable bonds is 5. The second kappa shape index (κ2) is 7.43. The Morgan fingerprint density at radius 3 is 2.44 bits per heavy atom. The van der Waals surface area contributed by atoms with Crippen LogP contribution in [0.4, 0.5) is 0 Å². The summed E-state index contributed by atoms with van der Waals surface area (Å²) in [5, 5.41) is 2.93. The molecule has 1 aliphatic heterocycles. The van der Waals surface area contributed by atoms with Crippen molar-refractivity contribution in [3.63, 3.8) is 0 Å². The Bertz CT molecular complexity index is 720. The maximum Gasteiger partial charge on any atom is 0.251 e. The van der Waals surface area contributed by atoms with Crippen LogP contribution in [0.1, 0.15) is 51.4 Å². The second-order valence-electron chi connectivity index (χ2n) is 7.30. The molecule has 1 saturated heterocycles. The van der Waals surface area contributed by atoms with Crippen LogP contribution < -0.4 is 5.32 Å². The highest BCUT2D eigenvalue weighted by atomic mass is 32.2. The lowest BCUT2D eigenvalue weighted by Gasteiger charge is -2.34. The van der Waals surface area contributed by atoms with Crippen molar-refractivity contribution in [2.24, 2.45) is 0 Å². The lowest BCUT2D eigenvalue weighted by molar-refractivity contribution is -0.0440. The number of morpholine rings is 1. The number of ether oxygens (including phenoxy) is 1. The summed E-state index contributed by atoms with van der Waals surface area (Å²) in [5.41, 5.74) is -0.00179. The first kappa shape index (κ1) is 19.9. The third kappa shape index (κ3) is 4.80. The molecular weight excluding hydrogens is 340 g/mol. The third-order valence-electron chi connectivity index (χ3n) is 4.46. The van der Waals surface area contributed by atoms with Gasteiger partial charge >= 0.3 is 0 Å². The molecule has 1 aromatic carbocycles. The van der Waals surface area contributed by atoms with Crippen LogP contribution in [0, 0.1) is 0 Å². The summed E-state index contributed by atoms with van der Waals surface area (Å²) < 4.78 is 32.9. The van der Waals surface area contributed by atoms with Crippen molar-refractivity contribution in [3.05, 3.63) is 29.8 Å². The number of sulfonamides is 1. The lowest BCUT2D eigenvalue weighted by atomic mass is 10.0. The molecule has 25 heavy (non-hydrogen) atoms. The topological polar surface area (TPSA) is 75.7 Å². The predicted octanol–water partition coefficient (Wildman–Crippen LogP) is 2.40. The Hall–Kier alpha value is -1.44. The van der Waals surface area contributed by atoms with Crippen molar-refractivity contribution in [1.29, 1.82) is 0 Å². The van der Waals surface area contributed by atoms with Gasteiger partial charge in [-0.2, -0.15) is 4.31 Å². The monoisotopic (exact) mass is 368 g/mol. The summed E-state index contributed by atoms with van der Waals surface area (Å²) >= 11 is 0. The first-order chi connectivity index (χ1) is 11.5. The van der Waals surface area contributed by atoms with E-state index in [-0.39, 0.29) is 28.5 Å². The van der Waals surface area contributed by atoms with Crippen LogP contribution in [0.5, 0.6) is 0 Å². The van der Waals surface area contributed by atoms with Gasteiger partial charge in [-0.05, 0) is 52.3 Å². The van der Waals surface area contributed by atoms with E-state index in [1.165, 1.54) is 16.4 Å². The van der Waals surface area contributed by atoms with E-state index in [4.69, 9.17) is 4.74 Å². The molecule has 0 spiro atoms. The number of nitrogens with zero attached hydrogens (tertiary/aromatic N) is 1. The van der Waals surface area contributed by atoms with E-state index in [9.17, 15) is 13.2 Å². The average Bonchev–Trinajstić information content (AvgIpc) is 2.53.